The lowest BCUT2D eigenvalue weighted by atomic mass is 10.1. The van der Waals surface area contributed by atoms with Gasteiger partial charge in [0.1, 0.15) is 17.3 Å². The van der Waals surface area contributed by atoms with E-state index in [0.29, 0.717) is 32.9 Å². The van der Waals surface area contributed by atoms with Crippen LogP contribution in [0, 0.1) is 10.1 Å². The summed E-state index contributed by atoms with van der Waals surface area (Å²) in [5, 5.41) is 14.7. The Kier molecular flexibility index (Phi) is 5.85. The molecule has 0 bridgehead atoms. The average Bonchev–Trinajstić information content (AvgIpc) is 3.16. The monoisotopic (exact) mass is 443 g/mol. The van der Waals surface area contributed by atoms with Gasteiger partial charge in [0.25, 0.3) is 11.6 Å². The zero-order chi connectivity index (χ0) is 20.1. The van der Waals surface area contributed by atoms with Crippen molar-refractivity contribution in [3.8, 4) is 17.1 Å². The second kappa shape index (κ2) is 8.49. The Morgan fingerprint density at radius 3 is 2.61 bits per heavy atom. The second-order valence-corrected chi connectivity index (χ2v) is 6.41. The van der Waals surface area contributed by atoms with Crippen molar-refractivity contribution >= 4 is 33.7 Å². The lowest BCUT2D eigenvalue weighted by Gasteiger charge is -2.02. The van der Waals surface area contributed by atoms with Gasteiger partial charge in [0.05, 0.1) is 18.2 Å². The number of halogens is 1. The third-order valence-corrected chi connectivity index (χ3v) is 4.42. The maximum absolute atomic E-state index is 12.0. The summed E-state index contributed by atoms with van der Waals surface area (Å²) in [5.74, 6) is 1.20. The van der Waals surface area contributed by atoms with Gasteiger partial charge in [0.15, 0.2) is 0 Å². The maximum Gasteiger partial charge on any atom is 0.271 e. The number of carbonyl (C=O) groups is 1. The van der Waals surface area contributed by atoms with Crippen molar-refractivity contribution in [2.75, 3.05) is 7.11 Å². The molecule has 28 heavy (non-hydrogen) atoms. The number of rotatable bonds is 6. The molecule has 0 atom stereocenters. The summed E-state index contributed by atoms with van der Waals surface area (Å²) in [6, 6.07) is 14.4. The van der Waals surface area contributed by atoms with Crippen LogP contribution in [0.1, 0.15) is 16.1 Å². The van der Waals surface area contributed by atoms with E-state index in [1.54, 1.807) is 49.6 Å². The lowest BCUT2D eigenvalue weighted by molar-refractivity contribution is -0.384. The van der Waals surface area contributed by atoms with Gasteiger partial charge in [-0.05, 0) is 58.4 Å². The Morgan fingerprint density at radius 1 is 1.21 bits per heavy atom. The molecule has 0 radical (unpaired) electrons. The van der Waals surface area contributed by atoms with Crippen molar-refractivity contribution in [1.29, 1.82) is 0 Å². The number of nitrogens with zero attached hydrogens (tertiary/aromatic N) is 2. The predicted molar refractivity (Wildman–Crippen MR) is 107 cm³/mol. The van der Waals surface area contributed by atoms with Crippen LogP contribution in [0.3, 0.4) is 0 Å². The molecule has 3 aromatic rings. The molecule has 1 heterocycles. The van der Waals surface area contributed by atoms with Crippen molar-refractivity contribution in [2.24, 2.45) is 5.10 Å². The van der Waals surface area contributed by atoms with E-state index < -0.39 is 4.92 Å². The number of nitro benzene ring substituents is 1. The summed E-state index contributed by atoms with van der Waals surface area (Å²) in [5.41, 5.74) is 3.49. The molecule has 0 aliphatic carbocycles. The SMILES string of the molecule is COc1ccc(C(=O)N/N=C\c2ccc(-c3ccc([N+](=O)[O-])cc3Br)o2)cc1. The van der Waals surface area contributed by atoms with Crippen molar-refractivity contribution < 1.29 is 18.9 Å². The number of hydrogen-bond acceptors (Lipinski definition) is 6. The number of furan rings is 1. The van der Waals surface area contributed by atoms with E-state index >= 15 is 0 Å². The topological polar surface area (TPSA) is 107 Å². The summed E-state index contributed by atoms with van der Waals surface area (Å²) >= 11 is 3.31. The van der Waals surface area contributed by atoms with Gasteiger partial charge < -0.3 is 9.15 Å². The minimum atomic E-state index is -0.472. The van der Waals surface area contributed by atoms with Crippen LogP contribution in [0.2, 0.25) is 0 Å². The molecule has 0 unspecified atom stereocenters. The van der Waals surface area contributed by atoms with Gasteiger partial charge in [-0.1, -0.05) is 0 Å². The fraction of sp³-hybridized carbons (Fsp3) is 0.0526. The first-order valence-electron chi connectivity index (χ1n) is 7.99. The van der Waals surface area contributed by atoms with Gasteiger partial charge in [-0.3, -0.25) is 14.9 Å². The fourth-order valence-corrected chi connectivity index (χ4v) is 2.91. The van der Waals surface area contributed by atoms with E-state index in [2.05, 4.69) is 26.5 Å². The number of hydrogen-bond donors (Lipinski definition) is 1. The zero-order valence-electron chi connectivity index (χ0n) is 14.6. The molecule has 2 aromatic carbocycles. The van der Waals surface area contributed by atoms with Gasteiger partial charge in [-0.25, -0.2) is 5.43 Å². The van der Waals surface area contributed by atoms with E-state index in [-0.39, 0.29) is 11.6 Å². The maximum atomic E-state index is 12.0. The molecule has 0 saturated heterocycles. The van der Waals surface area contributed by atoms with Gasteiger partial charge in [0.2, 0.25) is 0 Å². The smallest absolute Gasteiger partial charge is 0.271 e. The first-order chi connectivity index (χ1) is 13.5. The minimum absolute atomic E-state index is 0.0230. The normalized spacial score (nSPS) is 10.8. The molecule has 1 N–H and O–H groups in total. The Hall–Kier alpha value is -3.46. The van der Waals surface area contributed by atoms with E-state index in [0.717, 1.165) is 0 Å². The van der Waals surface area contributed by atoms with Gasteiger partial charge in [-0.2, -0.15) is 5.10 Å². The highest BCUT2D eigenvalue weighted by molar-refractivity contribution is 9.10. The third-order valence-electron chi connectivity index (χ3n) is 3.77. The molecule has 0 aliphatic rings. The average molecular weight is 444 g/mol. The van der Waals surface area contributed by atoms with Crippen LogP contribution < -0.4 is 10.2 Å². The van der Waals surface area contributed by atoms with Crippen LogP contribution in [0.15, 0.2) is 68.6 Å². The summed E-state index contributed by atoms with van der Waals surface area (Å²) in [7, 11) is 1.55. The quantitative estimate of drug-likeness (QED) is 0.345. The summed E-state index contributed by atoms with van der Waals surface area (Å²) in [4.78, 5) is 22.4. The minimum Gasteiger partial charge on any atom is -0.497 e. The molecular formula is C19H14BrN3O5. The summed E-state index contributed by atoms with van der Waals surface area (Å²) < 4.78 is 11.2. The van der Waals surface area contributed by atoms with Crippen molar-refractivity contribution in [1.82, 2.24) is 5.43 Å². The molecule has 9 heteroatoms. The van der Waals surface area contributed by atoms with Crippen molar-refractivity contribution in [3.05, 3.63) is 80.5 Å². The third kappa shape index (κ3) is 4.44. The molecule has 0 fully saturated rings. The fourth-order valence-electron chi connectivity index (χ4n) is 2.35. The Morgan fingerprint density at radius 2 is 1.96 bits per heavy atom. The standard InChI is InChI=1S/C19H14BrN3O5/c1-27-14-5-2-12(3-6-14)19(24)22-21-11-15-7-9-18(28-15)16-8-4-13(23(25)26)10-17(16)20/h2-11H,1H3,(H,22,24)/b21-11-. The van der Waals surface area contributed by atoms with Crippen LogP contribution in [0.25, 0.3) is 11.3 Å². The number of nitrogens with one attached hydrogen (secondary N) is 1. The Labute approximate surface area is 168 Å². The second-order valence-electron chi connectivity index (χ2n) is 5.55. The predicted octanol–water partition coefficient (Wildman–Crippen LogP) is 4.39. The van der Waals surface area contributed by atoms with E-state index in [9.17, 15) is 14.9 Å². The lowest BCUT2D eigenvalue weighted by Crippen LogP contribution is -2.17. The van der Waals surface area contributed by atoms with Crippen LogP contribution in [0.5, 0.6) is 5.75 Å². The highest BCUT2D eigenvalue weighted by Crippen LogP contribution is 2.32. The van der Waals surface area contributed by atoms with E-state index in [1.807, 2.05) is 0 Å². The van der Waals surface area contributed by atoms with E-state index in [1.165, 1.54) is 18.3 Å². The molecule has 142 valence electrons. The first kappa shape index (κ1) is 19.3. The van der Waals surface area contributed by atoms with Gasteiger partial charge >= 0.3 is 0 Å². The molecule has 1 aromatic heterocycles. The Bertz CT molecular complexity index is 1040. The molecular weight excluding hydrogens is 430 g/mol. The van der Waals surface area contributed by atoms with Crippen LogP contribution in [-0.4, -0.2) is 24.2 Å². The van der Waals surface area contributed by atoms with Crippen molar-refractivity contribution in [3.63, 3.8) is 0 Å². The van der Waals surface area contributed by atoms with Crippen molar-refractivity contribution in [2.45, 2.75) is 0 Å². The summed E-state index contributed by atoms with van der Waals surface area (Å²) in [6.45, 7) is 0. The Balaban J connectivity index is 1.67. The number of non-ortho nitro benzene ring substituents is 1. The molecule has 3 rings (SSSR count). The molecule has 8 nitrogen and oxygen atoms in total. The highest BCUT2D eigenvalue weighted by Gasteiger charge is 2.13. The van der Waals surface area contributed by atoms with E-state index in [4.69, 9.17) is 9.15 Å². The number of methoxy groups -OCH3 is 1. The zero-order valence-corrected chi connectivity index (χ0v) is 16.2. The highest BCUT2D eigenvalue weighted by atomic mass is 79.9. The number of benzene rings is 2. The van der Waals surface area contributed by atoms with Gasteiger partial charge in [-0.15, -0.1) is 0 Å². The number of ether oxygens (including phenoxy) is 1. The number of hydrazone groups is 1. The molecule has 0 spiro atoms. The molecule has 1 amide bonds. The van der Waals surface area contributed by atoms with Crippen LogP contribution in [0.4, 0.5) is 5.69 Å². The van der Waals surface area contributed by atoms with Gasteiger partial charge in [0, 0.05) is 27.7 Å². The molecule has 0 saturated carbocycles. The molecule has 0 aliphatic heterocycles. The summed E-state index contributed by atoms with van der Waals surface area (Å²) in [6.07, 6.45) is 1.37. The number of amides is 1. The van der Waals surface area contributed by atoms with Crippen LogP contribution in [-0.2, 0) is 0 Å². The first-order valence-corrected chi connectivity index (χ1v) is 8.79. The van der Waals surface area contributed by atoms with Crippen LogP contribution >= 0.6 is 15.9 Å². The largest absolute Gasteiger partial charge is 0.497 e. The number of carbonyl (C=O) groups excluding carboxylic acids is 1. The number of nitro groups is 1.